The molecule has 2 aromatic rings. The Morgan fingerprint density at radius 1 is 0.962 bits per heavy atom. The Balaban J connectivity index is 1.84. The molecular weight excluding hydrogens is 352 g/mol. The number of aryl methyl sites for hydroxylation is 1. The standard InChI is InChI=1S/C18H16F4N2O2/c19-14-5-1-3-12(9-14)7-8-16(25)23-11-13-4-2-6-15(10-13)24-17(26)18(20,21)22/h1-6,9-10H,7-8,11H2,(H,23,25)(H,24,26). The predicted octanol–water partition coefficient (Wildman–Crippen LogP) is 3.58. The summed E-state index contributed by atoms with van der Waals surface area (Å²) in [7, 11) is 0. The van der Waals surface area contributed by atoms with Crippen molar-refractivity contribution in [3.05, 3.63) is 65.5 Å². The van der Waals surface area contributed by atoms with Crippen LogP contribution in [-0.2, 0) is 22.6 Å². The molecule has 0 unspecified atom stereocenters. The van der Waals surface area contributed by atoms with Crippen molar-refractivity contribution >= 4 is 17.5 Å². The smallest absolute Gasteiger partial charge is 0.352 e. The summed E-state index contributed by atoms with van der Waals surface area (Å²) < 4.78 is 49.8. The van der Waals surface area contributed by atoms with Gasteiger partial charge < -0.3 is 10.6 Å². The number of hydrogen-bond donors (Lipinski definition) is 2. The molecule has 0 fully saturated rings. The van der Waals surface area contributed by atoms with Gasteiger partial charge in [0.15, 0.2) is 0 Å². The van der Waals surface area contributed by atoms with E-state index in [1.165, 1.54) is 30.3 Å². The van der Waals surface area contributed by atoms with Crippen molar-refractivity contribution in [3.63, 3.8) is 0 Å². The molecule has 0 radical (unpaired) electrons. The number of carbonyl (C=O) groups excluding carboxylic acids is 2. The first kappa shape index (κ1) is 19.4. The third-order valence-electron chi connectivity index (χ3n) is 3.46. The van der Waals surface area contributed by atoms with Crippen LogP contribution >= 0.6 is 0 Å². The first-order valence-electron chi connectivity index (χ1n) is 7.72. The summed E-state index contributed by atoms with van der Waals surface area (Å²) in [5.41, 5.74) is 1.21. The van der Waals surface area contributed by atoms with E-state index in [1.807, 2.05) is 0 Å². The van der Waals surface area contributed by atoms with Crippen molar-refractivity contribution in [2.45, 2.75) is 25.6 Å². The number of hydrogen-bond acceptors (Lipinski definition) is 2. The Kier molecular flexibility index (Phi) is 6.32. The van der Waals surface area contributed by atoms with Crippen LogP contribution in [0.3, 0.4) is 0 Å². The minimum absolute atomic E-state index is 0.0150. The Bertz CT molecular complexity index is 791. The molecule has 0 spiro atoms. The van der Waals surface area contributed by atoms with Crippen LogP contribution in [0.1, 0.15) is 17.5 Å². The largest absolute Gasteiger partial charge is 0.471 e. The Morgan fingerprint density at radius 2 is 1.65 bits per heavy atom. The van der Waals surface area contributed by atoms with Gasteiger partial charge in [-0.15, -0.1) is 0 Å². The fourth-order valence-corrected chi connectivity index (χ4v) is 2.20. The lowest BCUT2D eigenvalue weighted by Crippen LogP contribution is -2.30. The van der Waals surface area contributed by atoms with E-state index in [2.05, 4.69) is 5.32 Å². The normalized spacial score (nSPS) is 11.1. The summed E-state index contributed by atoms with van der Waals surface area (Å²) in [6, 6.07) is 11.7. The molecule has 2 rings (SSSR count). The summed E-state index contributed by atoms with van der Waals surface area (Å²) in [5.74, 6) is -2.71. The van der Waals surface area contributed by atoms with Crippen LogP contribution < -0.4 is 10.6 Å². The lowest BCUT2D eigenvalue weighted by atomic mass is 10.1. The van der Waals surface area contributed by atoms with E-state index >= 15 is 0 Å². The number of nitrogens with one attached hydrogen (secondary N) is 2. The quantitative estimate of drug-likeness (QED) is 0.766. The summed E-state index contributed by atoms with van der Waals surface area (Å²) in [6.45, 7) is 0.0950. The molecule has 0 aliphatic heterocycles. The van der Waals surface area contributed by atoms with Gasteiger partial charge in [0.2, 0.25) is 5.91 Å². The van der Waals surface area contributed by atoms with Crippen LogP contribution in [0.15, 0.2) is 48.5 Å². The van der Waals surface area contributed by atoms with E-state index in [0.29, 0.717) is 17.5 Å². The summed E-state index contributed by atoms with van der Waals surface area (Å²) in [5, 5.41) is 4.38. The molecular formula is C18H16F4N2O2. The van der Waals surface area contributed by atoms with Crippen molar-refractivity contribution < 1.29 is 27.2 Å². The highest BCUT2D eigenvalue weighted by Gasteiger charge is 2.38. The van der Waals surface area contributed by atoms with Gasteiger partial charge in [0, 0.05) is 18.7 Å². The number of rotatable bonds is 6. The highest BCUT2D eigenvalue weighted by molar-refractivity contribution is 5.94. The molecule has 0 aliphatic rings. The molecule has 0 aliphatic carbocycles. The highest BCUT2D eigenvalue weighted by atomic mass is 19.4. The second kappa shape index (κ2) is 8.46. The van der Waals surface area contributed by atoms with E-state index in [4.69, 9.17) is 0 Å². The maximum absolute atomic E-state index is 13.1. The lowest BCUT2D eigenvalue weighted by molar-refractivity contribution is -0.167. The van der Waals surface area contributed by atoms with E-state index < -0.39 is 12.1 Å². The number of anilines is 1. The molecule has 26 heavy (non-hydrogen) atoms. The summed E-state index contributed by atoms with van der Waals surface area (Å²) >= 11 is 0. The van der Waals surface area contributed by atoms with Gasteiger partial charge >= 0.3 is 12.1 Å². The van der Waals surface area contributed by atoms with Crippen LogP contribution in [-0.4, -0.2) is 18.0 Å². The van der Waals surface area contributed by atoms with Gasteiger partial charge in [0.25, 0.3) is 0 Å². The first-order chi connectivity index (χ1) is 12.2. The van der Waals surface area contributed by atoms with Gasteiger partial charge in [-0.25, -0.2) is 4.39 Å². The highest BCUT2D eigenvalue weighted by Crippen LogP contribution is 2.19. The fourth-order valence-electron chi connectivity index (χ4n) is 2.20. The van der Waals surface area contributed by atoms with Gasteiger partial charge in [0.05, 0.1) is 0 Å². The predicted molar refractivity (Wildman–Crippen MR) is 87.7 cm³/mol. The van der Waals surface area contributed by atoms with Crippen molar-refractivity contribution in [2.75, 3.05) is 5.32 Å². The third-order valence-corrected chi connectivity index (χ3v) is 3.46. The van der Waals surface area contributed by atoms with Crippen molar-refractivity contribution in [1.82, 2.24) is 5.32 Å². The minimum Gasteiger partial charge on any atom is -0.352 e. The first-order valence-corrected chi connectivity index (χ1v) is 7.72. The van der Waals surface area contributed by atoms with Crippen LogP contribution in [0.2, 0.25) is 0 Å². The Morgan fingerprint density at radius 3 is 2.35 bits per heavy atom. The van der Waals surface area contributed by atoms with E-state index in [-0.39, 0.29) is 30.4 Å². The molecule has 0 atom stereocenters. The van der Waals surface area contributed by atoms with Crippen molar-refractivity contribution in [2.24, 2.45) is 0 Å². The average Bonchev–Trinajstić information content (AvgIpc) is 2.58. The average molecular weight is 368 g/mol. The molecule has 2 N–H and O–H groups in total. The molecule has 0 heterocycles. The fraction of sp³-hybridized carbons (Fsp3) is 0.222. The topological polar surface area (TPSA) is 58.2 Å². The molecule has 8 heteroatoms. The number of alkyl halides is 3. The summed E-state index contributed by atoms with van der Waals surface area (Å²) in [4.78, 5) is 22.8. The Hall–Kier alpha value is -2.90. The zero-order valence-electron chi connectivity index (χ0n) is 13.6. The lowest BCUT2D eigenvalue weighted by Gasteiger charge is -2.10. The molecule has 2 aromatic carbocycles. The SMILES string of the molecule is O=C(CCc1cccc(F)c1)NCc1cccc(NC(=O)C(F)(F)F)c1. The Labute approximate surface area is 147 Å². The zero-order chi connectivity index (χ0) is 19.2. The number of benzene rings is 2. The van der Waals surface area contributed by atoms with Crippen LogP contribution in [0, 0.1) is 5.82 Å². The van der Waals surface area contributed by atoms with Gasteiger partial charge in [-0.2, -0.15) is 13.2 Å². The third kappa shape index (κ3) is 6.19. The van der Waals surface area contributed by atoms with Gasteiger partial charge in [-0.3, -0.25) is 9.59 Å². The maximum atomic E-state index is 13.1. The molecule has 4 nitrogen and oxygen atoms in total. The number of carbonyl (C=O) groups is 2. The van der Waals surface area contributed by atoms with E-state index in [9.17, 15) is 27.2 Å². The maximum Gasteiger partial charge on any atom is 0.471 e. The number of halogens is 4. The van der Waals surface area contributed by atoms with Gasteiger partial charge in [-0.05, 0) is 41.8 Å². The molecule has 138 valence electrons. The van der Waals surface area contributed by atoms with Crippen molar-refractivity contribution in [3.8, 4) is 0 Å². The van der Waals surface area contributed by atoms with Crippen LogP contribution in [0.25, 0.3) is 0 Å². The summed E-state index contributed by atoms with van der Waals surface area (Å²) in [6.07, 6.45) is -4.46. The molecule has 2 amide bonds. The van der Waals surface area contributed by atoms with E-state index in [0.717, 1.165) is 0 Å². The minimum atomic E-state index is -4.97. The molecule has 0 saturated carbocycles. The number of amides is 2. The van der Waals surface area contributed by atoms with Crippen molar-refractivity contribution in [1.29, 1.82) is 0 Å². The zero-order valence-corrected chi connectivity index (χ0v) is 13.6. The van der Waals surface area contributed by atoms with Gasteiger partial charge in [0.1, 0.15) is 5.82 Å². The van der Waals surface area contributed by atoms with Gasteiger partial charge in [-0.1, -0.05) is 24.3 Å². The molecule has 0 saturated heterocycles. The monoisotopic (exact) mass is 368 g/mol. The second-order valence-electron chi connectivity index (χ2n) is 5.56. The van der Waals surface area contributed by atoms with Crippen LogP contribution in [0.5, 0.6) is 0 Å². The van der Waals surface area contributed by atoms with E-state index in [1.54, 1.807) is 23.5 Å². The van der Waals surface area contributed by atoms with Crippen LogP contribution in [0.4, 0.5) is 23.2 Å². The molecule has 0 bridgehead atoms. The second-order valence-corrected chi connectivity index (χ2v) is 5.56. The molecule has 0 aromatic heterocycles.